The Morgan fingerprint density at radius 2 is 1.29 bits per heavy atom. The standard InChI is InChI=1S/C12H20O2S3/c1-2-12(8-16-6-10-4-14-10)17-11(1)7-15-5-9-3-13-9/h9-12H,1-8H2. The van der Waals surface area contributed by atoms with Gasteiger partial charge in [-0.2, -0.15) is 35.3 Å². The fraction of sp³-hybridized carbons (Fsp3) is 1.00. The number of epoxide rings is 2. The van der Waals surface area contributed by atoms with E-state index in [1.807, 2.05) is 0 Å². The van der Waals surface area contributed by atoms with Gasteiger partial charge in [0.25, 0.3) is 0 Å². The van der Waals surface area contributed by atoms with Crippen molar-refractivity contribution in [2.24, 2.45) is 0 Å². The van der Waals surface area contributed by atoms with Crippen LogP contribution < -0.4 is 0 Å². The van der Waals surface area contributed by atoms with Crippen LogP contribution in [0.15, 0.2) is 0 Å². The topological polar surface area (TPSA) is 25.1 Å². The Labute approximate surface area is 116 Å². The smallest absolute Gasteiger partial charge is 0.0900 e. The summed E-state index contributed by atoms with van der Waals surface area (Å²) in [6.45, 7) is 2.01. The third kappa shape index (κ3) is 4.86. The largest absolute Gasteiger partial charge is 0.372 e. The number of thioether (sulfide) groups is 3. The quantitative estimate of drug-likeness (QED) is 0.640. The lowest BCUT2D eigenvalue weighted by atomic mass is 10.2. The lowest BCUT2D eigenvalue weighted by Crippen LogP contribution is -2.05. The van der Waals surface area contributed by atoms with E-state index in [4.69, 9.17) is 9.47 Å². The van der Waals surface area contributed by atoms with E-state index < -0.39 is 0 Å². The molecule has 0 amide bonds. The van der Waals surface area contributed by atoms with Crippen LogP contribution in [0.4, 0.5) is 0 Å². The molecule has 0 saturated carbocycles. The van der Waals surface area contributed by atoms with Gasteiger partial charge in [0.2, 0.25) is 0 Å². The van der Waals surface area contributed by atoms with Crippen molar-refractivity contribution in [2.75, 3.05) is 36.2 Å². The van der Waals surface area contributed by atoms with Crippen molar-refractivity contribution in [3.8, 4) is 0 Å². The number of rotatable bonds is 8. The van der Waals surface area contributed by atoms with E-state index in [1.165, 1.54) is 35.9 Å². The van der Waals surface area contributed by atoms with E-state index in [9.17, 15) is 0 Å². The average Bonchev–Trinajstić information content (AvgIpc) is 3.22. The highest BCUT2D eigenvalue weighted by Gasteiger charge is 2.28. The molecule has 2 nitrogen and oxygen atoms in total. The van der Waals surface area contributed by atoms with Gasteiger partial charge in [-0.15, -0.1) is 0 Å². The lowest BCUT2D eigenvalue weighted by Gasteiger charge is -2.10. The molecule has 3 aliphatic rings. The molecular formula is C12H20O2S3. The van der Waals surface area contributed by atoms with E-state index in [-0.39, 0.29) is 0 Å². The first kappa shape index (κ1) is 13.0. The zero-order valence-electron chi connectivity index (χ0n) is 10.0. The molecule has 3 heterocycles. The molecule has 0 aliphatic carbocycles. The molecule has 98 valence electrons. The van der Waals surface area contributed by atoms with Crippen molar-refractivity contribution in [1.29, 1.82) is 0 Å². The van der Waals surface area contributed by atoms with Crippen molar-refractivity contribution in [1.82, 2.24) is 0 Å². The second kappa shape index (κ2) is 6.42. The first-order valence-electron chi connectivity index (χ1n) is 6.44. The van der Waals surface area contributed by atoms with Crippen LogP contribution >= 0.6 is 35.3 Å². The van der Waals surface area contributed by atoms with Gasteiger partial charge in [-0.05, 0) is 12.8 Å². The molecule has 0 N–H and O–H groups in total. The third-order valence-electron chi connectivity index (χ3n) is 3.22. The highest BCUT2D eigenvalue weighted by atomic mass is 32.2. The van der Waals surface area contributed by atoms with E-state index in [0.29, 0.717) is 12.2 Å². The first-order valence-corrected chi connectivity index (χ1v) is 9.69. The van der Waals surface area contributed by atoms with Gasteiger partial charge in [0.05, 0.1) is 25.4 Å². The van der Waals surface area contributed by atoms with Crippen LogP contribution in [0.25, 0.3) is 0 Å². The highest BCUT2D eigenvalue weighted by molar-refractivity contribution is 8.05. The minimum Gasteiger partial charge on any atom is -0.372 e. The Kier molecular flexibility index (Phi) is 4.90. The Bertz CT molecular complexity index is 220. The number of hydrogen-bond acceptors (Lipinski definition) is 5. The second-order valence-electron chi connectivity index (χ2n) is 4.94. The first-order chi connectivity index (χ1) is 8.40. The molecule has 0 radical (unpaired) electrons. The van der Waals surface area contributed by atoms with Crippen LogP contribution in [0, 0.1) is 0 Å². The van der Waals surface area contributed by atoms with E-state index in [0.717, 1.165) is 23.7 Å². The minimum atomic E-state index is 0.594. The van der Waals surface area contributed by atoms with Crippen LogP contribution in [0.1, 0.15) is 12.8 Å². The molecule has 4 unspecified atom stereocenters. The summed E-state index contributed by atoms with van der Waals surface area (Å²) in [6, 6.07) is 0. The molecule has 0 aromatic heterocycles. The predicted octanol–water partition coefficient (Wildman–Crippen LogP) is 2.51. The predicted molar refractivity (Wildman–Crippen MR) is 78.5 cm³/mol. The summed E-state index contributed by atoms with van der Waals surface area (Å²) in [6.07, 6.45) is 4.04. The monoisotopic (exact) mass is 292 g/mol. The molecule has 0 bridgehead atoms. The van der Waals surface area contributed by atoms with Gasteiger partial charge in [0, 0.05) is 33.5 Å². The van der Waals surface area contributed by atoms with Crippen LogP contribution in [0.3, 0.4) is 0 Å². The normalized spacial score (nSPS) is 39.5. The maximum Gasteiger partial charge on any atom is 0.0900 e. The van der Waals surface area contributed by atoms with Crippen LogP contribution in [0.2, 0.25) is 0 Å². The van der Waals surface area contributed by atoms with Gasteiger partial charge in [0.15, 0.2) is 0 Å². The molecule has 5 heteroatoms. The molecule has 3 fully saturated rings. The Morgan fingerprint density at radius 1 is 0.824 bits per heavy atom. The van der Waals surface area contributed by atoms with E-state index >= 15 is 0 Å². The van der Waals surface area contributed by atoms with Gasteiger partial charge in [0.1, 0.15) is 0 Å². The maximum atomic E-state index is 5.23. The molecule has 17 heavy (non-hydrogen) atoms. The van der Waals surface area contributed by atoms with Crippen molar-refractivity contribution < 1.29 is 9.47 Å². The van der Waals surface area contributed by atoms with Crippen LogP contribution in [-0.4, -0.2) is 58.9 Å². The summed E-state index contributed by atoms with van der Waals surface area (Å²) in [5, 5.41) is 1.81. The van der Waals surface area contributed by atoms with Gasteiger partial charge in [-0.3, -0.25) is 0 Å². The van der Waals surface area contributed by atoms with Crippen molar-refractivity contribution in [3.05, 3.63) is 0 Å². The summed E-state index contributed by atoms with van der Waals surface area (Å²) in [5.74, 6) is 5.10. The summed E-state index contributed by atoms with van der Waals surface area (Å²) in [5.41, 5.74) is 0. The molecule has 0 aromatic rings. The molecule has 3 saturated heterocycles. The highest BCUT2D eigenvalue weighted by Crippen LogP contribution is 2.37. The number of ether oxygens (including phenoxy) is 2. The third-order valence-corrected chi connectivity index (χ3v) is 7.70. The van der Waals surface area contributed by atoms with Gasteiger partial charge in [-0.25, -0.2) is 0 Å². The Hall–Kier alpha value is 0.970. The van der Waals surface area contributed by atoms with E-state index in [2.05, 4.69) is 35.3 Å². The maximum absolute atomic E-state index is 5.23. The van der Waals surface area contributed by atoms with Gasteiger partial charge < -0.3 is 9.47 Å². The fourth-order valence-electron chi connectivity index (χ4n) is 2.02. The molecule has 0 aromatic carbocycles. The fourth-order valence-corrected chi connectivity index (χ4v) is 6.35. The van der Waals surface area contributed by atoms with Gasteiger partial charge >= 0.3 is 0 Å². The van der Waals surface area contributed by atoms with Crippen molar-refractivity contribution in [2.45, 2.75) is 35.5 Å². The van der Waals surface area contributed by atoms with Crippen LogP contribution in [0.5, 0.6) is 0 Å². The van der Waals surface area contributed by atoms with Crippen molar-refractivity contribution in [3.63, 3.8) is 0 Å². The summed E-state index contributed by atoms with van der Waals surface area (Å²) < 4.78 is 10.5. The summed E-state index contributed by atoms with van der Waals surface area (Å²) >= 11 is 6.41. The van der Waals surface area contributed by atoms with Gasteiger partial charge in [-0.1, -0.05) is 0 Å². The van der Waals surface area contributed by atoms with Crippen molar-refractivity contribution >= 4 is 35.3 Å². The molecular weight excluding hydrogens is 272 g/mol. The molecule has 3 aliphatic heterocycles. The number of hydrogen-bond donors (Lipinski definition) is 0. The van der Waals surface area contributed by atoms with E-state index in [1.54, 1.807) is 0 Å². The summed E-state index contributed by atoms with van der Waals surface area (Å²) in [4.78, 5) is 0. The summed E-state index contributed by atoms with van der Waals surface area (Å²) in [7, 11) is 0. The average molecular weight is 292 g/mol. The SMILES string of the molecule is C1OC1CSCC1CCC(CSCC2CO2)S1. The molecule has 3 rings (SSSR count). The molecule has 4 atom stereocenters. The molecule has 0 spiro atoms. The zero-order valence-corrected chi connectivity index (χ0v) is 12.5. The lowest BCUT2D eigenvalue weighted by molar-refractivity contribution is 0.426. The zero-order chi connectivity index (χ0) is 11.5. The Balaban J connectivity index is 1.22. The minimum absolute atomic E-state index is 0.594. The second-order valence-corrected chi connectivity index (χ2v) is 8.70. The van der Waals surface area contributed by atoms with Crippen LogP contribution in [-0.2, 0) is 9.47 Å². The Morgan fingerprint density at radius 3 is 1.71 bits per heavy atom.